The highest BCUT2D eigenvalue weighted by atomic mass is 16.5. The van der Waals surface area contributed by atoms with Gasteiger partial charge in [0.25, 0.3) is 5.71 Å². The Kier molecular flexibility index (Phi) is 3.71. The SMILES string of the molecule is CCOC(=O)CCNc1ncnc2onc(C)c12. The second-order valence-electron chi connectivity index (χ2n) is 3.65. The van der Waals surface area contributed by atoms with E-state index in [1.807, 2.05) is 6.92 Å². The molecule has 96 valence electrons. The van der Waals surface area contributed by atoms with Gasteiger partial charge in [0.2, 0.25) is 0 Å². The number of rotatable bonds is 5. The second-order valence-corrected chi connectivity index (χ2v) is 3.65. The summed E-state index contributed by atoms with van der Waals surface area (Å²) < 4.78 is 9.86. The van der Waals surface area contributed by atoms with Crippen molar-refractivity contribution in [3.8, 4) is 0 Å². The van der Waals surface area contributed by atoms with Gasteiger partial charge in [0.05, 0.1) is 18.7 Å². The van der Waals surface area contributed by atoms with Crippen molar-refractivity contribution < 1.29 is 14.1 Å². The van der Waals surface area contributed by atoms with Gasteiger partial charge in [0, 0.05) is 6.54 Å². The fraction of sp³-hybridized carbons (Fsp3) is 0.455. The Bertz CT molecular complexity index is 552. The maximum Gasteiger partial charge on any atom is 0.307 e. The summed E-state index contributed by atoms with van der Waals surface area (Å²) in [5.41, 5.74) is 1.14. The molecular weight excluding hydrogens is 236 g/mol. The Balaban J connectivity index is 2.03. The summed E-state index contributed by atoms with van der Waals surface area (Å²) in [5, 5.41) is 7.61. The Morgan fingerprint density at radius 2 is 2.33 bits per heavy atom. The van der Waals surface area contributed by atoms with Crippen LogP contribution in [0.3, 0.4) is 0 Å². The first-order chi connectivity index (χ1) is 8.72. The Morgan fingerprint density at radius 3 is 3.11 bits per heavy atom. The number of anilines is 1. The van der Waals surface area contributed by atoms with Gasteiger partial charge in [-0.1, -0.05) is 5.16 Å². The lowest BCUT2D eigenvalue weighted by Crippen LogP contribution is -2.12. The molecule has 7 heteroatoms. The Hall–Kier alpha value is -2.18. The smallest absolute Gasteiger partial charge is 0.307 e. The molecule has 0 bridgehead atoms. The van der Waals surface area contributed by atoms with Crippen LogP contribution in [0.25, 0.3) is 11.1 Å². The predicted octanol–water partition coefficient (Wildman–Crippen LogP) is 1.29. The zero-order chi connectivity index (χ0) is 13.0. The number of aromatic nitrogens is 3. The molecule has 0 radical (unpaired) electrons. The van der Waals surface area contributed by atoms with Crippen LogP contribution >= 0.6 is 0 Å². The van der Waals surface area contributed by atoms with Crippen molar-refractivity contribution in [2.75, 3.05) is 18.5 Å². The third-order valence-electron chi connectivity index (χ3n) is 2.37. The van der Waals surface area contributed by atoms with E-state index in [4.69, 9.17) is 9.26 Å². The van der Waals surface area contributed by atoms with Gasteiger partial charge in [-0.15, -0.1) is 0 Å². The van der Waals surface area contributed by atoms with Crippen LogP contribution in [-0.4, -0.2) is 34.2 Å². The molecule has 0 unspecified atom stereocenters. The van der Waals surface area contributed by atoms with Crippen LogP contribution < -0.4 is 5.32 Å². The van der Waals surface area contributed by atoms with E-state index in [9.17, 15) is 4.79 Å². The molecule has 0 aliphatic carbocycles. The van der Waals surface area contributed by atoms with Crippen LogP contribution in [-0.2, 0) is 9.53 Å². The summed E-state index contributed by atoms with van der Waals surface area (Å²) >= 11 is 0. The van der Waals surface area contributed by atoms with Crippen molar-refractivity contribution in [3.05, 3.63) is 12.0 Å². The molecule has 0 amide bonds. The quantitative estimate of drug-likeness (QED) is 0.799. The van der Waals surface area contributed by atoms with E-state index in [2.05, 4.69) is 20.4 Å². The van der Waals surface area contributed by atoms with Crippen molar-refractivity contribution in [3.63, 3.8) is 0 Å². The number of hydrogen-bond donors (Lipinski definition) is 1. The van der Waals surface area contributed by atoms with Crippen molar-refractivity contribution in [2.45, 2.75) is 20.3 Å². The van der Waals surface area contributed by atoms with Crippen molar-refractivity contribution in [1.29, 1.82) is 0 Å². The van der Waals surface area contributed by atoms with Gasteiger partial charge < -0.3 is 14.6 Å². The van der Waals surface area contributed by atoms with E-state index in [1.165, 1.54) is 6.33 Å². The van der Waals surface area contributed by atoms with Crippen LogP contribution in [0.4, 0.5) is 5.82 Å². The average molecular weight is 250 g/mol. The van der Waals surface area contributed by atoms with E-state index in [1.54, 1.807) is 6.92 Å². The van der Waals surface area contributed by atoms with Crippen LogP contribution in [0.15, 0.2) is 10.9 Å². The van der Waals surface area contributed by atoms with E-state index in [-0.39, 0.29) is 12.4 Å². The average Bonchev–Trinajstić information content (AvgIpc) is 2.73. The van der Waals surface area contributed by atoms with Crippen LogP contribution in [0.1, 0.15) is 19.0 Å². The largest absolute Gasteiger partial charge is 0.466 e. The Morgan fingerprint density at radius 1 is 1.50 bits per heavy atom. The summed E-state index contributed by atoms with van der Waals surface area (Å²) in [6.45, 7) is 4.42. The first-order valence-electron chi connectivity index (χ1n) is 5.69. The van der Waals surface area contributed by atoms with E-state index >= 15 is 0 Å². The van der Waals surface area contributed by atoms with Gasteiger partial charge in [-0.25, -0.2) is 4.98 Å². The van der Waals surface area contributed by atoms with Crippen LogP contribution in [0, 0.1) is 6.92 Å². The van der Waals surface area contributed by atoms with E-state index in [0.29, 0.717) is 30.4 Å². The fourth-order valence-electron chi connectivity index (χ4n) is 1.57. The first-order valence-corrected chi connectivity index (χ1v) is 5.69. The van der Waals surface area contributed by atoms with Gasteiger partial charge in [0.1, 0.15) is 17.5 Å². The summed E-state index contributed by atoms with van der Waals surface area (Å²) in [5.74, 6) is 0.375. The molecular formula is C11H14N4O3. The highest BCUT2D eigenvalue weighted by Gasteiger charge is 2.11. The van der Waals surface area contributed by atoms with Crippen LogP contribution in [0.2, 0.25) is 0 Å². The highest BCUT2D eigenvalue weighted by molar-refractivity contribution is 5.87. The molecule has 0 spiro atoms. The van der Waals surface area contributed by atoms with Crippen LogP contribution in [0.5, 0.6) is 0 Å². The molecule has 0 fully saturated rings. The summed E-state index contributed by atoms with van der Waals surface area (Å²) in [7, 11) is 0. The fourth-order valence-corrected chi connectivity index (χ4v) is 1.57. The first kappa shape index (κ1) is 12.3. The molecule has 0 saturated heterocycles. The number of hydrogen-bond acceptors (Lipinski definition) is 7. The number of nitrogens with one attached hydrogen (secondary N) is 1. The minimum atomic E-state index is -0.239. The maximum absolute atomic E-state index is 11.2. The summed E-state index contributed by atoms with van der Waals surface area (Å²) in [6.07, 6.45) is 1.67. The molecule has 0 aliphatic heterocycles. The second kappa shape index (κ2) is 5.44. The highest BCUT2D eigenvalue weighted by Crippen LogP contribution is 2.21. The zero-order valence-electron chi connectivity index (χ0n) is 10.3. The number of carbonyl (C=O) groups is 1. The third kappa shape index (κ3) is 2.55. The molecule has 7 nitrogen and oxygen atoms in total. The molecule has 0 aliphatic rings. The molecule has 0 atom stereocenters. The maximum atomic E-state index is 11.2. The normalized spacial score (nSPS) is 10.6. The van der Waals surface area contributed by atoms with Gasteiger partial charge in [-0.2, -0.15) is 4.98 Å². The lowest BCUT2D eigenvalue weighted by Gasteiger charge is -2.05. The van der Waals surface area contributed by atoms with Gasteiger partial charge >= 0.3 is 5.97 Å². The third-order valence-corrected chi connectivity index (χ3v) is 2.37. The minimum Gasteiger partial charge on any atom is -0.466 e. The number of aryl methyl sites for hydroxylation is 1. The standard InChI is InChI=1S/C11H14N4O3/c1-3-17-8(16)4-5-12-10-9-7(2)15-18-11(9)14-6-13-10/h6H,3-5H2,1-2H3,(H,12,13,14). The Labute approximate surface area is 104 Å². The monoisotopic (exact) mass is 250 g/mol. The lowest BCUT2D eigenvalue weighted by molar-refractivity contribution is -0.142. The zero-order valence-corrected chi connectivity index (χ0v) is 10.3. The molecule has 2 heterocycles. The van der Waals surface area contributed by atoms with Crippen molar-refractivity contribution >= 4 is 22.9 Å². The molecule has 2 rings (SSSR count). The van der Waals surface area contributed by atoms with Crippen molar-refractivity contribution in [1.82, 2.24) is 15.1 Å². The lowest BCUT2D eigenvalue weighted by atomic mass is 10.3. The molecule has 2 aromatic rings. The topological polar surface area (TPSA) is 90.1 Å². The molecule has 0 aromatic carbocycles. The van der Waals surface area contributed by atoms with Crippen molar-refractivity contribution in [2.24, 2.45) is 0 Å². The number of fused-ring (bicyclic) bond motifs is 1. The number of carbonyl (C=O) groups excluding carboxylic acids is 1. The van der Waals surface area contributed by atoms with Gasteiger partial charge in [0.15, 0.2) is 0 Å². The summed E-state index contributed by atoms with van der Waals surface area (Å²) in [6, 6.07) is 0. The molecule has 1 N–H and O–H groups in total. The van der Waals surface area contributed by atoms with Gasteiger partial charge in [-0.3, -0.25) is 4.79 Å². The summed E-state index contributed by atoms with van der Waals surface area (Å²) in [4.78, 5) is 19.3. The number of ether oxygens (including phenoxy) is 1. The van der Waals surface area contributed by atoms with Gasteiger partial charge in [-0.05, 0) is 13.8 Å². The van der Waals surface area contributed by atoms with E-state index < -0.39 is 0 Å². The minimum absolute atomic E-state index is 0.239. The van der Waals surface area contributed by atoms with E-state index in [0.717, 1.165) is 5.39 Å². The number of esters is 1. The number of nitrogens with zero attached hydrogens (tertiary/aromatic N) is 3. The predicted molar refractivity (Wildman–Crippen MR) is 64.1 cm³/mol. The molecule has 18 heavy (non-hydrogen) atoms. The molecule has 2 aromatic heterocycles. The molecule has 0 saturated carbocycles.